The second-order valence-electron chi connectivity index (χ2n) is 6.56. The van der Waals surface area contributed by atoms with E-state index in [9.17, 15) is 19.1 Å². The van der Waals surface area contributed by atoms with Gasteiger partial charge in [-0.25, -0.2) is 14.0 Å². The maximum Gasteiger partial charge on any atom is 0.349 e. The highest BCUT2D eigenvalue weighted by Gasteiger charge is 2.18. The number of benzene rings is 1. The summed E-state index contributed by atoms with van der Waals surface area (Å²) in [4.78, 5) is 30.6. The van der Waals surface area contributed by atoms with Gasteiger partial charge in [0.1, 0.15) is 5.82 Å². The molecule has 2 rings (SSSR count). The number of anilines is 2. The number of carbonyl (C=O) groups is 1. The number of non-ortho nitro benzene ring substituents is 1. The largest absolute Gasteiger partial charge is 0.384 e. The van der Waals surface area contributed by atoms with E-state index in [-0.39, 0.29) is 15.9 Å². The standard InChI is InChI=1S/C18H23BrClN7O4S/c1-3-21-18(28)26-32(2,31)15-7-6-12(27(29)30)10-14(15)22-8-4-5-9-23-16-13(19)11-24-17(20)25-16/h6-7,10-11,22H,3-5,8-9H2,1-2H3,(H,21,28)(H,23,24,25). The van der Waals surface area contributed by atoms with Crippen molar-refractivity contribution in [2.45, 2.75) is 24.7 Å². The highest BCUT2D eigenvalue weighted by molar-refractivity contribution is 9.10. The van der Waals surface area contributed by atoms with Crippen LogP contribution >= 0.6 is 27.5 Å². The van der Waals surface area contributed by atoms with Gasteiger partial charge in [-0.05, 0) is 53.4 Å². The van der Waals surface area contributed by atoms with E-state index in [1.54, 1.807) is 13.1 Å². The van der Waals surface area contributed by atoms with Crippen molar-refractivity contribution in [1.82, 2.24) is 15.3 Å². The van der Waals surface area contributed by atoms with Crippen molar-refractivity contribution < 1.29 is 13.9 Å². The number of rotatable bonds is 10. The van der Waals surface area contributed by atoms with Gasteiger partial charge in [0.15, 0.2) is 0 Å². The number of urea groups is 1. The van der Waals surface area contributed by atoms with E-state index in [1.165, 1.54) is 24.5 Å². The zero-order valence-corrected chi connectivity index (χ0v) is 20.6. The first-order chi connectivity index (χ1) is 15.1. The summed E-state index contributed by atoms with van der Waals surface area (Å²) in [5.41, 5.74) is 0.148. The van der Waals surface area contributed by atoms with E-state index in [2.05, 4.69) is 46.2 Å². The van der Waals surface area contributed by atoms with Crippen molar-refractivity contribution in [2.75, 3.05) is 36.5 Å². The molecule has 2 aromatic rings. The maximum absolute atomic E-state index is 13.1. The summed E-state index contributed by atoms with van der Waals surface area (Å²) in [5.74, 6) is 0.580. The molecule has 0 spiro atoms. The Morgan fingerprint density at radius 1 is 1.31 bits per heavy atom. The number of hydrogen-bond donors (Lipinski definition) is 3. The molecule has 0 saturated heterocycles. The SMILES string of the molecule is CCNC(=O)N=S(C)(=O)c1ccc([N+](=O)[O-])cc1NCCCCNc1nc(Cl)ncc1Br. The molecule has 1 unspecified atom stereocenters. The summed E-state index contributed by atoms with van der Waals surface area (Å²) in [6.45, 7) is 3.12. The van der Waals surface area contributed by atoms with Crippen LogP contribution < -0.4 is 16.0 Å². The molecule has 1 aromatic heterocycles. The van der Waals surface area contributed by atoms with Gasteiger partial charge in [0.05, 0.1) is 29.7 Å². The summed E-state index contributed by atoms with van der Waals surface area (Å²) < 4.78 is 17.5. The number of nitro benzene ring substituents is 1. The van der Waals surface area contributed by atoms with Crippen LogP contribution in [0.25, 0.3) is 0 Å². The molecule has 0 radical (unpaired) electrons. The smallest absolute Gasteiger partial charge is 0.349 e. The fourth-order valence-electron chi connectivity index (χ4n) is 2.64. The molecule has 0 fully saturated rings. The number of amides is 2. The zero-order valence-electron chi connectivity index (χ0n) is 17.4. The molecule has 0 aliphatic carbocycles. The average Bonchev–Trinajstić information content (AvgIpc) is 2.72. The Kier molecular flexibility index (Phi) is 9.60. The van der Waals surface area contributed by atoms with Gasteiger partial charge in [-0.2, -0.15) is 4.98 Å². The summed E-state index contributed by atoms with van der Waals surface area (Å²) in [5, 5.41) is 20.0. The molecular formula is C18H23BrClN7O4S. The molecule has 0 aliphatic heterocycles. The second kappa shape index (κ2) is 11.9. The molecule has 0 bridgehead atoms. The first-order valence-corrected chi connectivity index (χ1v) is 12.7. The Morgan fingerprint density at radius 2 is 2.00 bits per heavy atom. The predicted molar refractivity (Wildman–Crippen MR) is 128 cm³/mol. The molecule has 2 amide bonds. The first-order valence-electron chi connectivity index (χ1n) is 9.58. The Bertz CT molecular complexity index is 1110. The third-order valence-electron chi connectivity index (χ3n) is 4.09. The van der Waals surface area contributed by atoms with Gasteiger partial charge in [0.2, 0.25) is 5.28 Å². The summed E-state index contributed by atoms with van der Waals surface area (Å²) in [7, 11) is -3.11. The van der Waals surface area contributed by atoms with Crippen molar-refractivity contribution in [3.8, 4) is 0 Å². The number of aromatic nitrogens is 2. The molecule has 14 heteroatoms. The fourth-order valence-corrected chi connectivity index (χ4v) is 4.44. The Morgan fingerprint density at radius 3 is 2.66 bits per heavy atom. The molecule has 1 aromatic carbocycles. The summed E-state index contributed by atoms with van der Waals surface area (Å²) in [6.07, 6.45) is 4.32. The molecule has 11 nitrogen and oxygen atoms in total. The summed E-state index contributed by atoms with van der Waals surface area (Å²) in [6, 6.07) is 3.20. The number of nitro groups is 1. The Balaban J connectivity index is 2.05. The lowest BCUT2D eigenvalue weighted by Gasteiger charge is -2.13. The molecule has 3 N–H and O–H groups in total. The van der Waals surface area contributed by atoms with E-state index in [0.717, 1.165) is 6.42 Å². The number of nitrogens with one attached hydrogen (secondary N) is 3. The minimum atomic E-state index is -3.11. The van der Waals surface area contributed by atoms with Crippen molar-refractivity contribution in [3.63, 3.8) is 0 Å². The van der Waals surface area contributed by atoms with E-state index in [4.69, 9.17) is 11.6 Å². The molecule has 1 heterocycles. The second-order valence-corrected chi connectivity index (χ2v) is 9.98. The number of nitrogens with zero attached hydrogens (tertiary/aromatic N) is 4. The van der Waals surface area contributed by atoms with Crippen LogP contribution in [0.5, 0.6) is 0 Å². The van der Waals surface area contributed by atoms with Gasteiger partial charge in [-0.15, -0.1) is 4.36 Å². The van der Waals surface area contributed by atoms with Gasteiger partial charge in [-0.1, -0.05) is 0 Å². The van der Waals surface area contributed by atoms with Crippen molar-refractivity contribution >= 4 is 60.5 Å². The third-order valence-corrected chi connectivity index (χ3v) is 6.54. The lowest BCUT2D eigenvalue weighted by molar-refractivity contribution is -0.384. The minimum Gasteiger partial charge on any atom is -0.384 e. The Labute approximate surface area is 199 Å². The van der Waals surface area contributed by atoms with Crippen LogP contribution in [0.3, 0.4) is 0 Å². The van der Waals surface area contributed by atoms with Crippen molar-refractivity contribution in [1.29, 1.82) is 0 Å². The molecule has 0 saturated carbocycles. The van der Waals surface area contributed by atoms with Gasteiger partial charge < -0.3 is 16.0 Å². The lowest BCUT2D eigenvalue weighted by atomic mass is 10.2. The fraction of sp³-hybridized carbons (Fsp3) is 0.389. The monoisotopic (exact) mass is 547 g/mol. The minimum absolute atomic E-state index is 0.136. The van der Waals surface area contributed by atoms with E-state index < -0.39 is 20.7 Å². The highest BCUT2D eigenvalue weighted by Crippen LogP contribution is 2.28. The normalized spacial score (nSPS) is 12.5. The quantitative estimate of drug-likeness (QED) is 0.172. The van der Waals surface area contributed by atoms with Crippen LogP contribution in [0.15, 0.2) is 38.1 Å². The van der Waals surface area contributed by atoms with Gasteiger partial charge in [-0.3, -0.25) is 10.1 Å². The van der Waals surface area contributed by atoms with E-state index >= 15 is 0 Å². The van der Waals surface area contributed by atoms with Crippen LogP contribution in [0, 0.1) is 10.1 Å². The zero-order chi connectivity index (χ0) is 23.7. The third kappa shape index (κ3) is 7.57. The van der Waals surface area contributed by atoms with Gasteiger partial charge >= 0.3 is 6.03 Å². The van der Waals surface area contributed by atoms with E-state index in [1.807, 2.05) is 0 Å². The average molecular weight is 549 g/mol. The van der Waals surface area contributed by atoms with Crippen LogP contribution in [-0.2, 0) is 9.73 Å². The first kappa shape index (κ1) is 25.7. The lowest BCUT2D eigenvalue weighted by Crippen LogP contribution is -2.20. The van der Waals surface area contributed by atoms with Crippen molar-refractivity contribution in [2.24, 2.45) is 4.36 Å². The van der Waals surface area contributed by atoms with Crippen LogP contribution in [0.4, 0.5) is 22.0 Å². The van der Waals surface area contributed by atoms with Gasteiger partial charge in [0.25, 0.3) is 5.69 Å². The number of unbranched alkanes of at least 4 members (excludes halogenated alkanes) is 1. The molecule has 32 heavy (non-hydrogen) atoms. The molecule has 0 aliphatic rings. The van der Waals surface area contributed by atoms with E-state index in [0.29, 0.717) is 42.0 Å². The number of hydrogen-bond acceptors (Lipinski definition) is 8. The highest BCUT2D eigenvalue weighted by atomic mass is 79.9. The number of carbonyl (C=O) groups excluding carboxylic acids is 1. The molecular weight excluding hydrogens is 526 g/mol. The van der Waals surface area contributed by atoms with Gasteiger partial charge in [0, 0.05) is 44.2 Å². The molecule has 1 atom stereocenters. The van der Waals surface area contributed by atoms with Crippen molar-refractivity contribution in [3.05, 3.63) is 44.3 Å². The summed E-state index contributed by atoms with van der Waals surface area (Å²) >= 11 is 9.12. The van der Waals surface area contributed by atoms with Crippen LogP contribution in [0.2, 0.25) is 5.28 Å². The molecule has 174 valence electrons. The van der Waals surface area contributed by atoms with Crippen LogP contribution in [-0.4, -0.2) is 51.0 Å². The number of halogens is 2. The topological polar surface area (TPSA) is 152 Å². The Hall–Kier alpha value is -2.51. The maximum atomic E-state index is 13.1. The van der Waals surface area contributed by atoms with Crippen LogP contribution in [0.1, 0.15) is 19.8 Å². The predicted octanol–water partition coefficient (Wildman–Crippen LogP) is 4.29.